The summed E-state index contributed by atoms with van der Waals surface area (Å²) in [6.07, 6.45) is 1.44. The molecule has 3 rings (SSSR count). The largest absolute Gasteiger partial charge is 0.495 e. The first-order valence-corrected chi connectivity index (χ1v) is 7.93. The molecule has 6 nitrogen and oxygen atoms in total. The van der Waals surface area contributed by atoms with E-state index in [-0.39, 0.29) is 17.5 Å². The number of hydrogen-bond acceptors (Lipinski definition) is 5. The summed E-state index contributed by atoms with van der Waals surface area (Å²) in [6, 6.07) is 12.2. The van der Waals surface area contributed by atoms with Gasteiger partial charge in [0, 0.05) is 17.6 Å². The summed E-state index contributed by atoms with van der Waals surface area (Å²) in [7, 11) is 1.51. The molecule has 0 saturated carbocycles. The molecule has 0 aliphatic heterocycles. The fourth-order valence-corrected chi connectivity index (χ4v) is 2.44. The van der Waals surface area contributed by atoms with Crippen molar-refractivity contribution < 1.29 is 13.9 Å². The second kappa shape index (κ2) is 7.79. The number of nitrogens with zero attached hydrogens (tertiary/aromatic N) is 2. The van der Waals surface area contributed by atoms with Crippen LogP contribution in [-0.4, -0.2) is 23.0 Å². The van der Waals surface area contributed by atoms with Gasteiger partial charge in [-0.25, -0.2) is 14.4 Å². The van der Waals surface area contributed by atoms with Gasteiger partial charge >= 0.3 is 0 Å². The van der Waals surface area contributed by atoms with Crippen LogP contribution in [0.5, 0.6) is 5.75 Å². The van der Waals surface area contributed by atoms with Gasteiger partial charge in [0.15, 0.2) is 0 Å². The molecule has 0 spiro atoms. The zero-order valence-corrected chi connectivity index (χ0v) is 14.4. The topological polar surface area (TPSA) is 76.1 Å². The summed E-state index contributed by atoms with van der Waals surface area (Å²) in [5, 5.41) is 5.92. The molecule has 0 fully saturated rings. The van der Waals surface area contributed by atoms with Gasteiger partial charge in [0.05, 0.1) is 12.1 Å². The van der Waals surface area contributed by atoms with Crippen LogP contribution in [0, 0.1) is 5.82 Å². The van der Waals surface area contributed by atoms with Gasteiger partial charge in [-0.05, 0) is 42.5 Å². The number of nitrogens with one attached hydrogen (secondary N) is 2. The zero-order valence-electron chi connectivity index (χ0n) is 13.7. The maximum atomic E-state index is 13.2. The molecule has 26 heavy (non-hydrogen) atoms. The Morgan fingerprint density at radius 2 is 2.00 bits per heavy atom. The summed E-state index contributed by atoms with van der Waals surface area (Å²) in [4.78, 5) is 20.5. The fraction of sp³-hybridized carbons (Fsp3) is 0.0556. The molecular formula is C18H14ClFN4O2. The van der Waals surface area contributed by atoms with Gasteiger partial charge in [0.1, 0.15) is 17.3 Å². The molecule has 8 heteroatoms. The van der Waals surface area contributed by atoms with E-state index in [1.54, 1.807) is 30.3 Å². The van der Waals surface area contributed by atoms with E-state index in [1.165, 1.54) is 31.5 Å². The number of ether oxygens (including phenoxy) is 1. The minimum atomic E-state index is -0.434. The highest BCUT2D eigenvalue weighted by Crippen LogP contribution is 2.27. The number of aromatic nitrogens is 2. The third-order valence-corrected chi connectivity index (χ3v) is 3.67. The zero-order chi connectivity index (χ0) is 18.5. The van der Waals surface area contributed by atoms with E-state index in [1.807, 2.05) is 0 Å². The monoisotopic (exact) mass is 372 g/mol. The van der Waals surface area contributed by atoms with E-state index >= 15 is 0 Å². The van der Waals surface area contributed by atoms with Gasteiger partial charge in [-0.15, -0.1) is 0 Å². The van der Waals surface area contributed by atoms with Crippen molar-refractivity contribution in [2.24, 2.45) is 0 Å². The van der Waals surface area contributed by atoms with Crippen LogP contribution in [0.2, 0.25) is 5.02 Å². The molecule has 1 aromatic heterocycles. The Bertz CT molecular complexity index is 952. The predicted octanol–water partition coefficient (Wildman–Crippen LogP) is 4.27. The highest BCUT2D eigenvalue weighted by atomic mass is 35.5. The number of halogens is 2. The fourth-order valence-electron chi connectivity index (χ4n) is 2.18. The summed E-state index contributed by atoms with van der Waals surface area (Å²) in [5.74, 6) is -0.138. The number of carbonyl (C=O) groups is 1. The molecule has 1 heterocycles. The van der Waals surface area contributed by atoms with Crippen molar-refractivity contribution in [3.8, 4) is 5.75 Å². The first kappa shape index (κ1) is 17.6. The van der Waals surface area contributed by atoms with Crippen LogP contribution in [0.1, 0.15) is 10.5 Å². The van der Waals surface area contributed by atoms with Crippen molar-refractivity contribution >= 4 is 34.8 Å². The van der Waals surface area contributed by atoms with Crippen LogP contribution in [0.15, 0.2) is 54.7 Å². The van der Waals surface area contributed by atoms with Crippen molar-refractivity contribution in [2.75, 3.05) is 17.7 Å². The van der Waals surface area contributed by atoms with Crippen molar-refractivity contribution in [3.63, 3.8) is 0 Å². The lowest BCUT2D eigenvalue weighted by molar-refractivity contribution is 0.102. The van der Waals surface area contributed by atoms with Crippen LogP contribution in [-0.2, 0) is 0 Å². The SMILES string of the molecule is COc1ccc(NC(=O)c2ccnc(Nc3cccc(F)c3)n2)cc1Cl. The van der Waals surface area contributed by atoms with Crippen molar-refractivity contribution in [1.82, 2.24) is 9.97 Å². The Labute approximate surface area is 154 Å². The van der Waals surface area contributed by atoms with Gasteiger partial charge in [0.25, 0.3) is 5.91 Å². The molecule has 2 aromatic carbocycles. The smallest absolute Gasteiger partial charge is 0.274 e. The first-order valence-electron chi connectivity index (χ1n) is 7.55. The maximum absolute atomic E-state index is 13.2. The van der Waals surface area contributed by atoms with E-state index in [9.17, 15) is 9.18 Å². The van der Waals surface area contributed by atoms with Crippen LogP contribution in [0.25, 0.3) is 0 Å². The van der Waals surface area contributed by atoms with Gasteiger partial charge in [-0.3, -0.25) is 4.79 Å². The van der Waals surface area contributed by atoms with E-state index in [4.69, 9.17) is 16.3 Å². The highest BCUT2D eigenvalue weighted by Gasteiger charge is 2.11. The summed E-state index contributed by atoms with van der Waals surface area (Å²) in [6.45, 7) is 0. The molecule has 1 amide bonds. The lowest BCUT2D eigenvalue weighted by atomic mass is 10.3. The number of amides is 1. The Morgan fingerprint density at radius 1 is 1.15 bits per heavy atom. The van der Waals surface area contributed by atoms with Crippen molar-refractivity contribution in [2.45, 2.75) is 0 Å². The number of carbonyl (C=O) groups excluding carboxylic acids is 1. The van der Waals surface area contributed by atoms with Crippen LogP contribution in [0.4, 0.5) is 21.7 Å². The summed E-state index contributed by atoms with van der Waals surface area (Å²) < 4.78 is 18.3. The quantitative estimate of drug-likeness (QED) is 0.699. The summed E-state index contributed by atoms with van der Waals surface area (Å²) in [5.41, 5.74) is 1.12. The minimum Gasteiger partial charge on any atom is -0.495 e. The third-order valence-electron chi connectivity index (χ3n) is 3.38. The van der Waals surface area contributed by atoms with Crippen molar-refractivity contribution in [3.05, 3.63) is 71.3 Å². The number of methoxy groups -OCH3 is 1. The third kappa shape index (κ3) is 4.25. The Hall–Kier alpha value is -3.19. The van der Waals surface area contributed by atoms with Gasteiger partial charge in [-0.1, -0.05) is 17.7 Å². The molecule has 0 unspecified atom stereocenters. The van der Waals surface area contributed by atoms with Gasteiger partial charge in [0.2, 0.25) is 5.95 Å². The first-order chi connectivity index (χ1) is 12.5. The molecular weight excluding hydrogens is 359 g/mol. The lowest BCUT2D eigenvalue weighted by Gasteiger charge is -2.09. The lowest BCUT2D eigenvalue weighted by Crippen LogP contribution is -2.14. The molecule has 0 aliphatic carbocycles. The predicted molar refractivity (Wildman–Crippen MR) is 97.7 cm³/mol. The Balaban J connectivity index is 1.74. The number of rotatable bonds is 5. The molecule has 0 radical (unpaired) electrons. The number of benzene rings is 2. The maximum Gasteiger partial charge on any atom is 0.274 e. The standard InChI is InChI=1S/C18H14ClFN4O2/c1-26-16-6-5-13(10-14(16)19)22-17(25)15-7-8-21-18(24-15)23-12-4-2-3-11(20)9-12/h2-10H,1H3,(H,22,25)(H,21,23,24). The van der Waals surface area contributed by atoms with E-state index in [0.29, 0.717) is 22.1 Å². The van der Waals surface area contributed by atoms with Gasteiger partial charge < -0.3 is 15.4 Å². The van der Waals surface area contributed by atoms with E-state index in [2.05, 4.69) is 20.6 Å². The molecule has 0 atom stereocenters. The van der Waals surface area contributed by atoms with E-state index < -0.39 is 5.91 Å². The van der Waals surface area contributed by atoms with Crippen LogP contribution in [0.3, 0.4) is 0 Å². The minimum absolute atomic E-state index is 0.144. The van der Waals surface area contributed by atoms with Crippen LogP contribution >= 0.6 is 11.6 Å². The second-order valence-corrected chi connectivity index (χ2v) is 5.61. The Kier molecular flexibility index (Phi) is 5.28. The average molecular weight is 373 g/mol. The molecule has 0 aliphatic rings. The summed E-state index contributed by atoms with van der Waals surface area (Å²) >= 11 is 6.04. The number of hydrogen-bond donors (Lipinski definition) is 2. The number of anilines is 3. The Morgan fingerprint density at radius 3 is 2.73 bits per heavy atom. The highest BCUT2D eigenvalue weighted by molar-refractivity contribution is 6.32. The van der Waals surface area contributed by atoms with Crippen molar-refractivity contribution in [1.29, 1.82) is 0 Å². The molecule has 0 saturated heterocycles. The molecule has 132 valence electrons. The van der Waals surface area contributed by atoms with Gasteiger partial charge in [-0.2, -0.15) is 0 Å². The second-order valence-electron chi connectivity index (χ2n) is 5.20. The molecule has 2 N–H and O–H groups in total. The molecule has 0 bridgehead atoms. The average Bonchev–Trinajstić information content (AvgIpc) is 2.62. The normalized spacial score (nSPS) is 10.3. The molecule has 3 aromatic rings. The van der Waals surface area contributed by atoms with E-state index in [0.717, 1.165) is 0 Å². The van der Waals surface area contributed by atoms with Crippen LogP contribution < -0.4 is 15.4 Å².